The van der Waals surface area contributed by atoms with Crippen molar-refractivity contribution in [2.45, 2.75) is 17.9 Å². The first kappa shape index (κ1) is 16.0. The summed E-state index contributed by atoms with van der Waals surface area (Å²) >= 11 is 3.32. The summed E-state index contributed by atoms with van der Waals surface area (Å²) in [6.45, 7) is -1.31. The first-order valence-electron chi connectivity index (χ1n) is 6.20. The summed E-state index contributed by atoms with van der Waals surface area (Å²) in [5.41, 5.74) is 0.864. The van der Waals surface area contributed by atoms with Gasteiger partial charge in [0.05, 0.1) is 11.9 Å². The maximum atomic E-state index is 12.0. The average molecular weight is 364 g/mol. The van der Waals surface area contributed by atoms with Crippen molar-refractivity contribution in [3.8, 4) is 5.69 Å². The zero-order valence-electron chi connectivity index (χ0n) is 11.0. The van der Waals surface area contributed by atoms with Crippen LogP contribution in [-0.2, 0) is 16.5 Å². The van der Waals surface area contributed by atoms with Gasteiger partial charge in [-0.05, 0) is 12.1 Å². The molecule has 4 nitrogen and oxygen atoms in total. The molecule has 0 unspecified atom stereocenters. The average Bonchev–Trinajstić information content (AvgIpc) is 2.86. The van der Waals surface area contributed by atoms with Crippen molar-refractivity contribution in [1.82, 2.24) is 14.8 Å². The molecule has 0 radical (unpaired) electrons. The van der Waals surface area contributed by atoms with Gasteiger partial charge >= 0.3 is 6.18 Å². The normalized spacial score (nSPS) is 11.8. The molecule has 0 N–H and O–H groups in total. The third-order valence-corrected chi connectivity index (χ3v) is 3.17. The van der Waals surface area contributed by atoms with E-state index in [1.807, 2.05) is 34.9 Å². The number of hydrogen-bond acceptors (Lipinski definition) is 3. The Morgan fingerprint density at radius 2 is 1.76 bits per heavy atom. The van der Waals surface area contributed by atoms with Gasteiger partial charge in [-0.1, -0.05) is 34.1 Å². The molecule has 1 aromatic heterocycles. The Balaban J connectivity index is 2.09. The fourth-order valence-corrected chi connectivity index (χ4v) is 2.19. The van der Waals surface area contributed by atoms with Crippen molar-refractivity contribution in [3.63, 3.8) is 0 Å². The van der Waals surface area contributed by atoms with Crippen molar-refractivity contribution >= 4 is 15.9 Å². The number of rotatable bonds is 6. The van der Waals surface area contributed by atoms with E-state index >= 15 is 0 Å². The van der Waals surface area contributed by atoms with Crippen LogP contribution < -0.4 is 0 Å². The van der Waals surface area contributed by atoms with E-state index in [0.29, 0.717) is 17.0 Å². The molecule has 0 aliphatic carbocycles. The summed E-state index contributed by atoms with van der Waals surface area (Å²) in [6, 6.07) is 9.40. The van der Waals surface area contributed by atoms with E-state index in [0.717, 1.165) is 5.69 Å². The fourth-order valence-electron chi connectivity index (χ4n) is 1.83. The molecule has 0 fully saturated rings. The first-order chi connectivity index (χ1) is 10.0. The number of ether oxygens (including phenoxy) is 1. The van der Waals surface area contributed by atoms with Gasteiger partial charge in [-0.15, -0.1) is 10.2 Å². The van der Waals surface area contributed by atoms with Gasteiger partial charge in [0.1, 0.15) is 18.3 Å². The monoisotopic (exact) mass is 363 g/mol. The molecule has 1 heterocycles. The van der Waals surface area contributed by atoms with Crippen molar-refractivity contribution in [2.75, 3.05) is 13.2 Å². The molecule has 0 atom stereocenters. The van der Waals surface area contributed by atoms with Gasteiger partial charge < -0.3 is 4.74 Å². The lowest BCUT2D eigenvalue weighted by atomic mass is 10.3. The van der Waals surface area contributed by atoms with Gasteiger partial charge in [0, 0.05) is 12.1 Å². The molecule has 0 spiro atoms. The number of alkyl halides is 4. The van der Waals surface area contributed by atoms with Gasteiger partial charge in [-0.3, -0.25) is 4.57 Å². The summed E-state index contributed by atoms with van der Waals surface area (Å²) in [7, 11) is 0. The molecule has 0 aliphatic rings. The Kier molecular flexibility index (Phi) is 5.35. The number of benzene rings is 1. The van der Waals surface area contributed by atoms with Gasteiger partial charge in [0.25, 0.3) is 0 Å². The van der Waals surface area contributed by atoms with E-state index in [4.69, 9.17) is 0 Å². The minimum Gasteiger partial charge on any atom is -0.372 e. The van der Waals surface area contributed by atoms with E-state index in [-0.39, 0.29) is 13.0 Å². The highest BCUT2D eigenvalue weighted by Gasteiger charge is 2.27. The van der Waals surface area contributed by atoms with Gasteiger partial charge in [0.2, 0.25) is 0 Å². The van der Waals surface area contributed by atoms with E-state index < -0.39 is 12.8 Å². The van der Waals surface area contributed by atoms with Crippen molar-refractivity contribution in [1.29, 1.82) is 0 Å². The van der Waals surface area contributed by atoms with Crippen molar-refractivity contribution in [2.24, 2.45) is 0 Å². The van der Waals surface area contributed by atoms with Crippen LogP contribution in [0.1, 0.15) is 11.6 Å². The minimum atomic E-state index is -4.31. The second kappa shape index (κ2) is 7.04. The molecule has 21 heavy (non-hydrogen) atoms. The van der Waals surface area contributed by atoms with Crippen LogP contribution in [0.4, 0.5) is 13.2 Å². The number of aromatic nitrogens is 3. The maximum Gasteiger partial charge on any atom is 0.411 e. The summed E-state index contributed by atoms with van der Waals surface area (Å²) < 4.78 is 42.5. The first-order valence-corrected chi connectivity index (χ1v) is 7.32. The lowest BCUT2D eigenvalue weighted by Gasteiger charge is -2.10. The third kappa shape index (κ3) is 4.53. The highest BCUT2D eigenvalue weighted by atomic mass is 79.9. The fraction of sp³-hybridized carbons (Fsp3) is 0.385. The number of para-hydroxylation sites is 1. The van der Waals surface area contributed by atoms with Crippen molar-refractivity contribution in [3.05, 3.63) is 42.0 Å². The minimum absolute atomic E-state index is 0.0627. The molecule has 0 amide bonds. The van der Waals surface area contributed by atoms with Gasteiger partial charge in [-0.2, -0.15) is 13.2 Å². The Labute approximate surface area is 128 Å². The molecule has 0 saturated heterocycles. The van der Waals surface area contributed by atoms with Crippen LogP contribution in [0.15, 0.2) is 30.3 Å². The molecule has 2 rings (SSSR count). The zero-order valence-corrected chi connectivity index (χ0v) is 12.6. The number of halogens is 4. The second-order valence-corrected chi connectivity index (χ2v) is 4.82. The number of hydrogen-bond donors (Lipinski definition) is 0. The lowest BCUT2D eigenvalue weighted by Crippen LogP contribution is -2.18. The van der Waals surface area contributed by atoms with Crippen LogP contribution in [-0.4, -0.2) is 34.2 Å². The van der Waals surface area contributed by atoms with E-state index in [1.54, 1.807) is 0 Å². The van der Waals surface area contributed by atoms with Crippen LogP contribution in [0.2, 0.25) is 0 Å². The maximum absolute atomic E-state index is 12.0. The Hall–Kier alpha value is -1.41. The standard InChI is InChI=1S/C13H13BrF3N3O/c14-8-12-19-18-11(6-7-21-9-13(15,16)17)20(12)10-4-2-1-3-5-10/h1-5H,6-9H2. The lowest BCUT2D eigenvalue weighted by molar-refractivity contribution is -0.173. The predicted octanol–water partition coefficient (Wildman–Crippen LogP) is 3.28. The smallest absolute Gasteiger partial charge is 0.372 e. The van der Waals surface area contributed by atoms with Crippen LogP contribution in [0.3, 0.4) is 0 Å². The van der Waals surface area contributed by atoms with Gasteiger partial charge in [-0.25, -0.2) is 0 Å². The van der Waals surface area contributed by atoms with E-state index in [2.05, 4.69) is 30.9 Å². The Bertz CT molecular complexity index is 572. The van der Waals surface area contributed by atoms with Crippen LogP contribution in [0.5, 0.6) is 0 Å². The third-order valence-electron chi connectivity index (χ3n) is 2.67. The van der Waals surface area contributed by atoms with Crippen LogP contribution in [0.25, 0.3) is 5.69 Å². The molecular weight excluding hydrogens is 351 g/mol. The van der Waals surface area contributed by atoms with Crippen molar-refractivity contribution < 1.29 is 17.9 Å². The molecule has 2 aromatic rings. The van der Waals surface area contributed by atoms with Crippen LogP contribution in [0, 0.1) is 0 Å². The number of nitrogens with zero attached hydrogens (tertiary/aromatic N) is 3. The highest BCUT2D eigenvalue weighted by molar-refractivity contribution is 9.08. The quantitative estimate of drug-likeness (QED) is 0.584. The second-order valence-electron chi connectivity index (χ2n) is 4.25. The van der Waals surface area contributed by atoms with E-state index in [9.17, 15) is 13.2 Å². The summed E-state index contributed by atoms with van der Waals surface area (Å²) in [4.78, 5) is 0. The summed E-state index contributed by atoms with van der Waals surface area (Å²) in [6.07, 6.45) is -4.06. The van der Waals surface area contributed by atoms with Crippen LogP contribution >= 0.6 is 15.9 Å². The SMILES string of the molecule is FC(F)(F)COCCc1nnc(CBr)n1-c1ccccc1. The summed E-state index contributed by atoms with van der Waals surface area (Å²) in [5, 5.41) is 8.54. The molecule has 0 bridgehead atoms. The highest BCUT2D eigenvalue weighted by Crippen LogP contribution is 2.17. The summed E-state index contributed by atoms with van der Waals surface area (Å²) in [5.74, 6) is 1.25. The topological polar surface area (TPSA) is 39.9 Å². The van der Waals surface area contributed by atoms with E-state index in [1.165, 1.54) is 0 Å². The molecule has 114 valence electrons. The Morgan fingerprint density at radius 3 is 2.38 bits per heavy atom. The Morgan fingerprint density at radius 1 is 1.10 bits per heavy atom. The van der Waals surface area contributed by atoms with Gasteiger partial charge in [0.15, 0.2) is 0 Å². The largest absolute Gasteiger partial charge is 0.411 e. The predicted molar refractivity (Wildman–Crippen MR) is 74.6 cm³/mol. The zero-order chi connectivity index (χ0) is 15.3. The molecular formula is C13H13BrF3N3O. The molecule has 8 heteroatoms. The molecule has 1 aromatic carbocycles. The molecule has 0 aliphatic heterocycles. The molecule has 0 saturated carbocycles.